The van der Waals surface area contributed by atoms with E-state index in [0.717, 1.165) is 0 Å². The van der Waals surface area contributed by atoms with Crippen molar-refractivity contribution >= 4 is 29.1 Å². The minimum Gasteiger partial charge on any atom is -0.337 e. The molecule has 0 saturated carbocycles. The number of pyridine rings is 1. The summed E-state index contributed by atoms with van der Waals surface area (Å²) >= 11 is 11.7. The van der Waals surface area contributed by atoms with Crippen LogP contribution >= 0.6 is 23.2 Å². The summed E-state index contributed by atoms with van der Waals surface area (Å²) in [5.74, 6) is -0.628. The molecule has 2 heterocycles. The molecular weight excluding hydrogens is 302 g/mol. The third kappa shape index (κ3) is 2.05. The SMILES string of the molecule is CN1Cc2c(cc(Cl)nc2-c2ccc(Cl)cc2F)C1=O. The number of hydrogen-bond donors (Lipinski definition) is 0. The molecule has 0 N–H and O–H groups in total. The highest BCUT2D eigenvalue weighted by Crippen LogP contribution is 2.34. The summed E-state index contributed by atoms with van der Waals surface area (Å²) in [5, 5.41) is 0.467. The van der Waals surface area contributed by atoms with E-state index in [4.69, 9.17) is 23.2 Å². The summed E-state index contributed by atoms with van der Waals surface area (Å²) in [6.07, 6.45) is 0. The summed E-state index contributed by atoms with van der Waals surface area (Å²) in [6, 6.07) is 5.85. The van der Waals surface area contributed by atoms with Crippen LogP contribution < -0.4 is 0 Å². The van der Waals surface area contributed by atoms with Gasteiger partial charge in [-0.05, 0) is 24.3 Å². The summed E-state index contributed by atoms with van der Waals surface area (Å²) in [6.45, 7) is 0.385. The average molecular weight is 311 g/mol. The highest BCUT2D eigenvalue weighted by atomic mass is 35.5. The van der Waals surface area contributed by atoms with Crippen molar-refractivity contribution in [1.29, 1.82) is 0 Å². The fourth-order valence-corrected chi connectivity index (χ4v) is 2.66. The number of carbonyl (C=O) groups excluding carboxylic acids is 1. The van der Waals surface area contributed by atoms with E-state index in [9.17, 15) is 9.18 Å². The van der Waals surface area contributed by atoms with E-state index in [1.807, 2.05) is 0 Å². The predicted octanol–water partition coefficient (Wildman–Crippen LogP) is 3.78. The van der Waals surface area contributed by atoms with Crippen LogP contribution in [0.1, 0.15) is 15.9 Å². The molecule has 1 aromatic heterocycles. The Labute approximate surface area is 124 Å². The smallest absolute Gasteiger partial charge is 0.254 e. The largest absolute Gasteiger partial charge is 0.337 e. The number of carbonyl (C=O) groups is 1. The van der Waals surface area contributed by atoms with Crippen LogP contribution in [-0.2, 0) is 6.54 Å². The Morgan fingerprint density at radius 2 is 2.00 bits per heavy atom. The second-order valence-electron chi connectivity index (χ2n) is 4.61. The number of rotatable bonds is 1. The first-order valence-electron chi connectivity index (χ1n) is 5.87. The van der Waals surface area contributed by atoms with E-state index in [1.165, 1.54) is 12.1 Å². The van der Waals surface area contributed by atoms with Crippen molar-refractivity contribution in [3.8, 4) is 11.3 Å². The second-order valence-corrected chi connectivity index (χ2v) is 5.43. The summed E-state index contributed by atoms with van der Waals surface area (Å²) in [5.41, 5.74) is 1.83. The Morgan fingerprint density at radius 1 is 1.25 bits per heavy atom. The molecule has 3 rings (SSSR count). The van der Waals surface area contributed by atoms with Gasteiger partial charge < -0.3 is 4.90 Å². The Bertz CT molecular complexity index is 733. The van der Waals surface area contributed by atoms with Gasteiger partial charge in [-0.25, -0.2) is 9.37 Å². The van der Waals surface area contributed by atoms with Crippen molar-refractivity contribution in [2.75, 3.05) is 7.05 Å². The first kappa shape index (κ1) is 13.3. The van der Waals surface area contributed by atoms with Gasteiger partial charge >= 0.3 is 0 Å². The van der Waals surface area contributed by atoms with Crippen LogP contribution in [0.3, 0.4) is 0 Å². The summed E-state index contributed by atoms with van der Waals surface area (Å²) in [4.78, 5) is 17.7. The van der Waals surface area contributed by atoms with Crippen LogP contribution in [0.5, 0.6) is 0 Å². The van der Waals surface area contributed by atoms with Gasteiger partial charge in [0.15, 0.2) is 0 Å². The lowest BCUT2D eigenvalue weighted by atomic mass is 10.0. The van der Waals surface area contributed by atoms with Gasteiger partial charge in [0.1, 0.15) is 11.0 Å². The molecule has 1 aliphatic rings. The molecule has 0 bridgehead atoms. The standard InChI is InChI=1S/C14H9Cl2FN2O/c1-19-6-10-9(14(19)20)5-12(16)18-13(10)8-3-2-7(15)4-11(8)17/h2-5H,6H2,1H3. The van der Waals surface area contributed by atoms with Crippen LogP contribution in [0.15, 0.2) is 24.3 Å². The Kier molecular flexibility index (Phi) is 3.15. The molecule has 2 aromatic rings. The maximum Gasteiger partial charge on any atom is 0.254 e. The van der Waals surface area contributed by atoms with E-state index in [0.29, 0.717) is 28.4 Å². The number of aromatic nitrogens is 1. The molecule has 102 valence electrons. The number of benzene rings is 1. The number of halogens is 3. The molecule has 1 aliphatic heterocycles. The number of fused-ring (bicyclic) bond motifs is 1. The fourth-order valence-electron chi connectivity index (χ4n) is 2.31. The van der Waals surface area contributed by atoms with Gasteiger partial charge in [-0.3, -0.25) is 4.79 Å². The van der Waals surface area contributed by atoms with Crippen LogP contribution in [0.2, 0.25) is 10.2 Å². The fraction of sp³-hybridized carbons (Fsp3) is 0.143. The van der Waals surface area contributed by atoms with Crippen molar-refractivity contribution in [2.24, 2.45) is 0 Å². The van der Waals surface area contributed by atoms with Gasteiger partial charge in [0, 0.05) is 35.3 Å². The third-order valence-corrected chi connectivity index (χ3v) is 3.68. The zero-order chi connectivity index (χ0) is 14.4. The van der Waals surface area contributed by atoms with Crippen LogP contribution in [-0.4, -0.2) is 22.8 Å². The molecule has 3 nitrogen and oxygen atoms in total. The number of nitrogens with zero attached hydrogens (tertiary/aromatic N) is 2. The zero-order valence-electron chi connectivity index (χ0n) is 10.5. The van der Waals surface area contributed by atoms with Gasteiger partial charge in [-0.2, -0.15) is 0 Å². The average Bonchev–Trinajstić information content (AvgIpc) is 2.66. The van der Waals surface area contributed by atoms with E-state index in [-0.39, 0.29) is 16.6 Å². The predicted molar refractivity (Wildman–Crippen MR) is 75.4 cm³/mol. The lowest BCUT2D eigenvalue weighted by Gasteiger charge is -2.09. The van der Waals surface area contributed by atoms with Gasteiger partial charge in [0.05, 0.1) is 5.69 Å². The van der Waals surface area contributed by atoms with E-state index in [2.05, 4.69) is 4.98 Å². The molecule has 6 heteroatoms. The second kappa shape index (κ2) is 4.72. The highest BCUT2D eigenvalue weighted by molar-refractivity contribution is 6.31. The van der Waals surface area contributed by atoms with Crippen molar-refractivity contribution < 1.29 is 9.18 Å². The van der Waals surface area contributed by atoms with Gasteiger partial charge in [0.25, 0.3) is 5.91 Å². The molecule has 20 heavy (non-hydrogen) atoms. The van der Waals surface area contributed by atoms with E-state index < -0.39 is 5.82 Å². The Balaban J connectivity index is 2.26. The maximum atomic E-state index is 14.1. The minimum absolute atomic E-state index is 0.139. The van der Waals surface area contributed by atoms with Gasteiger partial charge in [0.2, 0.25) is 0 Å². The van der Waals surface area contributed by atoms with Crippen LogP contribution in [0.4, 0.5) is 4.39 Å². The molecule has 0 unspecified atom stereocenters. The number of hydrogen-bond acceptors (Lipinski definition) is 2. The zero-order valence-corrected chi connectivity index (χ0v) is 12.0. The summed E-state index contributed by atoms with van der Waals surface area (Å²) < 4.78 is 14.1. The maximum absolute atomic E-state index is 14.1. The molecule has 0 atom stereocenters. The molecule has 0 fully saturated rings. The van der Waals surface area contributed by atoms with Gasteiger partial charge in [-0.15, -0.1) is 0 Å². The first-order chi connectivity index (χ1) is 9.47. The molecule has 0 radical (unpaired) electrons. The molecule has 0 spiro atoms. The molecule has 0 aliphatic carbocycles. The third-order valence-electron chi connectivity index (χ3n) is 3.25. The van der Waals surface area contributed by atoms with Crippen LogP contribution in [0.25, 0.3) is 11.3 Å². The topological polar surface area (TPSA) is 33.2 Å². The molecule has 1 aromatic carbocycles. The van der Waals surface area contributed by atoms with Crippen molar-refractivity contribution in [3.63, 3.8) is 0 Å². The van der Waals surface area contributed by atoms with E-state index in [1.54, 1.807) is 24.1 Å². The summed E-state index contributed by atoms with van der Waals surface area (Å²) in [7, 11) is 1.68. The molecule has 0 saturated heterocycles. The van der Waals surface area contributed by atoms with Crippen LogP contribution in [0, 0.1) is 5.82 Å². The van der Waals surface area contributed by atoms with Crippen molar-refractivity contribution in [3.05, 3.63) is 51.4 Å². The normalized spacial score (nSPS) is 13.8. The molecule has 1 amide bonds. The van der Waals surface area contributed by atoms with Gasteiger partial charge in [-0.1, -0.05) is 23.2 Å². The Morgan fingerprint density at radius 3 is 2.70 bits per heavy atom. The van der Waals surface area contributed by atoms with Crippen molar-refractivity contribution in [2.45, 2.75) is 6.54 Å². The lowest BCUT2D eigenvalue weighted by Crippen LogP contribution is -2.17. The lowest BCUT2D eigenvalue weighted by molar-refractivity contribution is 0.0816. The van der Waals surface area contributed by atoms with E-state index >= 15 is 0 Å². The van der Waals surface area contributed by atoms with Crippen molar-refractivity contribution in [1.82, 2.24) is 9.88 Å². The Hall–Kier alpha value is -1.65. The minimum atomic E-state index is -0.489. The number of amides is 1. The highest BCUT2D eigenvalue weighted by Gasteiger charge is 2.29. The first-order valence-corrected chi connectivity index (χ1v) is 6.63. The quantitative estimate of drug-likeness (QED) is 0.751. The monoisotopic (exact) mass is 310 g/mol. The molecular formula is C14H9Cl2FN2O.